The van der Waals surface area contributed by atoms with Crippen molar-refractivity contribution in [2.45, 2.75) is 96.7 Å². The lowest BCUT2D eigenvalue weighted by atomic mass is 9.80. The number of nitrogens with one attached hydrogen (secondary N) is 1. The summed E-state index contributed by atoms with van der Waals surface area (Å²) >= 11 is 0. The molecule has 0 radical (unpaired) electrons. The molecular weight excluding hydrogens is 528 g/mol. The molecule has 2 saturated carbocycles. The third-order valence-corrected chi connectivity index (χ3v) is 9.77. The molecule has 0 bridgehead atoms. The monoisotopic (exact) mass is 572 g/mol. The van der Waals surface area contributed by atoms with E-state index in [9.17, 15) is 9.90 Å². The van der Waals surface area contributed by atoms with Crippen LogP contribution in [0.3, 0.4) is 0 Å². The smallest absolute Gasteiger partial charge is 0.433 e. The van der Waals surface area contributed by atoms with Gasteiger partial charge in [-0.25, -0.2) is 14.8 Å². The Bertz CT molecular complexity index is 1430. The highest BCUT2D eigenvalue weighted by molar-refractivity contribution is 6.01. The maximum absolute atomic E-state index is 11.4. The lowest BCUT2D eigenvalue weighted by Gasteiger charge is -2.38. The summed E-state index contributed by atoms with van der Waals surface area (Å²) < 4.78 is 2.36. The maximum atomic E-state index is 11.4. The predicted octanol–water partition coefficient (Wildman–Crippen LogP) is 6.37. The Labute approximate surface area is 247 Å². The van der Waals surface area contributed by atoms with Crippen molar-refractivity contribution in [1.82, 2.24) is 19.5 Å². The number of aromatic nitrogens is 4. The molecule has 2 aromatic heterocycles. The van der Waals surface area contributed by atoms with Crippen LogP contribution in [0, 0.1) is 17.8 Å². The fraction of sp³-hybridized carbons (Fsp3) is 0.594. The lowest BCUT2D eigenvalue weighted by molar-refractivity contribution is 0.205. The highest BCUT2D eigenvalue weighted by atomic mass is 16.4. The van der Waals surface area contributed by atoms with Crippen LogP contribution < -0.4 is 16.0 Å². The number of carboxylic acid groups (broad SMARTS) is 1. The van der Waals surface area contributed by atoms with Gasteiger partial charge in [0.25, 0.3) is 0 Å². The first-order valence-corrected chi connectivity index (χ1v) is 15.8. The Balaban J connectivity index is 1.50. The summed E-state index contributed by atoms with van der Waals surface area (Å²) in [7, 11) is 0. The minimum absolute atomic E-state index is 0.0918. The lowest BCUT2D eigenvalue weighted by Crippen LogP contribution is -2.36. The van der Waals surface area contributed by atoms with Crippen LogP contribution in [0.5, 0.6) is 0 Å². The Morgan fingerprint density at radius 2 is 1.81 bits per heavy atom. The van der Waals surface area contributed by atoms with E-state index in [1.165, 1.54) is 56.9 Å². The molecule has 224 valence electrons. The Morgan fingerprint density at radius 3 is 2.50 bits per heavy atom. The first kappa shape index (κ1) is 28.4. The van der Waals surface area contributed by atoms with Crippen LogP contribution >= 0.6 is 0 Å². The summed E-state index contributed by atoms with van der Waals surface area (Å²) in [5, 5.41) is 13.0. The molecule has 3 fully saturated rings. The summed E-state index contributed by atoms with van der Waals surface area (Å²) in [6.07, 6.45) is 10.5. The molecule has 2 atom stereocenters. The van der Waals surface area contributed by atoms with E-state index >= 15 is 0 Å². The number of fused-ring (bicyclic) bond motifs is 1. The third-order valence-electron chi connectivity index (χ3n) is 9.77. The molecule has 3 aliphatic rings. The first-order chi connectivity index (χ1) is 20.4. The number of piperidine rings is 1. The number of rotatable bonds is 8. The second kappa shape index (κ2) is 12.3. The number of benzene rings is 1. The number of hydrogen-bond donors (Lipinski definition) is 3. The fourth-order valence-corrected chi connectivity index (χ4v) is 7.02. The second-order valence-corrected chi connectivity index (χ2v) is 12.7. The molecule has 3 heterocycles. The zero-order valence-corrected chi connectivity index (χ0v) is 24.9. The number of hydrogen-bond acceptors (Lipinski definition) is 6. The van der Waals surface area contributed by atoms with Crippen molar-refractivity contribution in [2.24, 2.45) is 28.5 Å². The van der Waals surface area contributed by atoms with Crippen LogP contribution in [-0.2, 0) is 6.54 Å². The molecule has 42 heavy (non-hydrogen) atoms. The summed E-state index contributed by atoms with van der Waals surface area (Å²) in [5.41, 5.74) is 8.80. The van der Waals surface area contributed by atoms with E-state index in [1.54, 1.807) is 0 Å². The number of anilines is 2. The van der Waals surface area contributed by atoms with Gasteiger partial charge in [0.2, 0.25) is 5.95 Å². The van der Waals surface area contributed by atoms with Gasteiger partial charge in [0, 0.05) is 19.1 Å². The van der Waals surface area contributed by atoms with Gasteiger partial charge in [-0.15, -0.1) is 0 Å². The molecule has 3 aromatic rings. The SMILES string of the molecule is CC1CCC(Cn2c(N3CCCC[C@@H]3c3ccccc3)nc3nc(/C(N)=N/C(=O)O)nc(N[C@H](C)C4CCC4)c32)CC1. The number of amidine groups is 1. The van der Waals surface area contributed by atoms with Crippen molar-refractivity contribution in [3.05, 3.63) is 41.7 Å². The van der Waals surface area contributed by atoms with Gasteiger partial charge < -0.3 is 25.6 Å². The van der Waals surface area contributed by atoms with Crippen molar-refractivity contribution in [2.75, 3.05) is 16.8 Å². The van der Waals surface area contributed by atoms with Crippen molar-refractivity contribution < 1.29 is 9.90 Å². The normalized spacial score (nSPS) is 24.4. The number of imidazole rings is 1. The summed E-state index contributed by atoms with van der Waals surface area (Å²) in [6.45, 7) is 6.32. The van der Waals surface area contributed by atoms with Gasteiger partial charge >= 0.3 is 6.09 Å². The Hall–Kier alpha value is -3.69. The van der Waals surface area contributed by atoms with E-state index in [0.29, 0.717) is 23.3 Å². The zero-order valence-electron chi connectivity index (χ0n) is 24.9. The Morgan fingerprint density at radius 1 is 1.05 bits per heavy atom. The number of amides is 1. The van der Waals surface area contributed by atoms with Crippen LogP contribution in [0.2, 0.25) is 0 Å². The number of nitrogens with two attached hydrogens (primary N) is 1. The highest BCUT2D eigenvalue weighted by Crippen LogP contribution is 2.40. The van der Waals surface area contributed by atoms with Gasteiger partial charge in [0.05, 0.1) is 6.04 Å². The molecule has 10 nitrogen and oxygen atoms in total. The molecule has 0 unspecified atom stereocenters. The summed E-state index contributed by atoms with van der Waals surface area (Å²) in [4.78, 5) is 32.1. The molecule has 4 N–H and O–H groups in total. The van der Waals surface area contributed by atoms with E-state index < -0.39 is 6.09 Å². The zero-order chi connectivity index (χ0) is 29.2. The number of carbonyl (C=O) groups is 1. The summed E-state index contributed by atoms with van der Waals surface area (Å²) in [6, 6.07) is 11.1. The van der Waals surface area contributed by atoms with Crippen LogP contribution in [0.4, 0.5) is 16.6 Å². The molecule has 1 aliphatic heterocycles. The van der Waals surface area contributed by atoms with Gasteiger partial charge in [-0.1, -0.05) is 56.5 Å². The van der Waals surface area contributed by atoms with E-state index in [0.717, 1.165) is 43.3 Å². The molecule has 1 aromatic carbocycles. The van der Waals surface area contributed by atoms with Crippen LogP contribution in [0.25, 0.3) is 11.2 Å². The van der Waals surface area contributed by atoms with E-state index in [1.807, 2.05) is 0 Å². The van der Waals surface area contributed by atoms with Crippen LogP contribution in [-0.4, -0.2) is 49.1 Å². The quantitative estimate of drug-likeness (QED) is 0.209. The number of nitrogens with zero attached hydrogens (tertiary/aromatic N) is 6. The molecular formula is C32H44N8O2. The first-order valence-electron chi connectivity index (χ1n) is 15.8. The minimum atomic E-state index is -1.37. The van der Waals surface area contributed by atoms with E-state index in [2.05, 4.69) is 64.0 Å². The largest absolute Gasteiger partial charge is 0.463 e. The number of aliphatic imine (C=N–C) groups is 1. The fourth-order valence-electron chi connectivity index (χ4n) is 7.02. The average molecular weight is 573 g/mol. The predicted molar refractivity (Wildman–Crippen MR) is 166 cm³/mol. The standard InChI is InChI=1S/C32H44N8O2/c1-20-14-16-22(17-15-20)19-40-26-28(34-21(2)23-11-8-12-23)36-30(27(33)35-32(41)42)37-29(26)38-31(40)39-18-7-6-13-25(39)24-9-4-3-5-10-24/h3-5,9-10,20-23,25H,6-8,11-19H2,1-2H3,(H2,33,35)(H,41,42)(H,34,36,37)/t20?,21-,22?,25-/m1/s1. The molecule has 0 spiro atoms. The van der Waals surface area contributed by atoms with Crippen molar-refractivity contribution in [3.8, 4) is 0 Å². The average Bonchev–Trinajstić information content (AvgIpc) is 3.31. The van der Waals surface area contributed by atoms with E-state index in [-0.39, 0.29) is 23.7 Å². The van der Waals surface area contributed by atoms with Gasteiger partial charge in [0.15, 0.2) is 23.1 Å². The molecule has 10 heteroatoms. The molecule has 2 aliphatic carbocycles. The maximum Gasteiger partial charge on any atom is 0.433 e. The van der Waals surface area contributed by atoms with Crippen molar-refractivity contribution in [3.63, 3.8) is 0 Å². The summed E-state index contributed by atoms with van der Waals surface area (Å²) in [5.74, 6) is 3.34. The van der Waals surface area contributed by atoms with Crippen LogP contribution in [0.1, 0.15) is 95.5 Å². The van der Waals surface area contributed by atoms with Crippen molar-refractivity contribution in [1.29, 1.82) is 0 Å². The van der Waals surface area contributed by atoms with Crippen LogP contribution in [0.15, 0.2) is 35.3 Å². The second-order valence-electron chi connectivity index (χ2n) is 12.7. The topological polar surface area (TPSA) is 135 Å². The molecule has 1 amide bonds. The minimum Gasteiger partial charge on any atom is -0.463 e. The Kier molecular flexibility index (Phi) is 8.31. The molecule has 6 rings (SSSR count). The van der Waals surface area contributed by atoms with Gasteiger partial charge in [-0.2, -0.15) is 9.98 Å². The molecule has 1 saturated heterocycles. The van der Waals surface area contributed by atoms with Crippen molar-refractivity contribution >= 4 is 34.9 Å². The van der Waals surface area contributed by atoms with Gasteiger partial charge in [-0.05, 0) is 75.2 Å². The van der Waals surface area contributed by atoms with E-state index in [4.69, 9.17) is 20.7 Å². The third kappa shape index (κ3) is 5.94. The van der Waals surface area contributed by atoms with Gasteiger partial charge in [-0.3, -0.25) is 0 Å². The van der Waals surface area contributed by atoms with Gasteiger partial charge in [0.1, 0.15) is 5.52 Å². The highest BCUT2D eigenvalue weighted by Gasteiger charge is 2.32.